The zero-order chi connectivity index (χ0) is 22.5. The van der Waals surface area contributed by atoms with Gasteiger partial charge in [0.05, 0.1) is 4.92 Å². The van der Waals surface area contributed by atoms with E-state index in [-0.39, 0.29) is 17.6 Å². The van der Waals surface area contributed by atoms with Crippen molar-refractivity contribution in [1.82, 2.24) is 15.0 Å². The second kappa shape index (κ2) is 10.0. The van der Waals surface area contributed by atoms with Crippen molar-refractivity contribution < 1.29 is 14.2 Å². The molecule has 0 bridgehead atoms. The summed E-state index contributed by atoms with van der Waals surface area (Å²) >= 11 is 3.41. The molecule has 0 atom stereocenters. The summed E-state index contributed by atoms with van der Waals surface area (Å²) in [6.07, 6.45) is 5.56. The average molecular weight is 499 g/mol. The largest absolute Gasteiger partial charge is 0.339 e. The number of carbonyl (C=O) groups is 1. The zero-order valence-corrected chi connectivity index (χ0v) is 19.0. The van der Waals surface area contributed by atoms with E-state index < -0.39 is 4.92 Å². The summed E-state index contributed by atoms with van der Waals surface area (Å²) in [6, 6.07) is 13.6. The molecule has 1 amide bonds. The number of benzene rings is 2. The van der Waals surface area contributed by atoms with Crippen LogP contribution >= 0.6 is 15.9 Å². The maximum Gasteiger partial charge on any atom is 0.270 e. The normalized spacial score (nSPS) is 14.3. The van der Waals surface area contributed by atoms with Gasteiger partial charge in [0.1, 0.15) is 0 Å². The highest BCUT2D eigenvalue weighted by molar-refractivity contribution is 9.10. The lowest BCUT2D eigenvalue weighted by Gasteiger charge is -2.34. The molecule has 1 aromatic heterocycles. The highest BCUT2D eigenvalue weighted by Crippen LogP contribution is 2.26. The molecule has 166 valence electrons. The van der Waals surface area contributed by atoms with E-state index in [1.54, 1.807) is 12.1 Å². The number of nitro benzene ring substituents is 1. The highest BCUT2D eigenvalue weighted by atomic mass is 79.9. The van der Waals surface area contributed by atoms with Gasteiger partial charge in [-0.2, -0.15) is 4.98 Å². The van der Waals surface area contributed by atoms with Crippen LogP contribution in [0.4, 0.5) is 5.69 Å². The molecule has 1 saturated carbocycles. The maximum atomic E-state index is 13.3. The Kier molecular flexibility index (Phi) is 6.94. The molecule has 3 aromatic rings. The smallest absolute Gasteiger partial charge is 0.270 e. The van der Waals surface area contributed by atoms with E-state index in [1.165, 1.54) is 12.1 Å². The number of nitrogens with zero attached hydrogens (tertiary/aromatic N) is 4. The average Bonchev–Trinajstić information content (AvgIpc) is 3.29. The Bertz CT molecular complexity index is 1090. The molecule has 9 heteroatoms. The SMILES string of the molecule is O=C(c1cccc([N+](=O)[O-])c1)N(CCc1nc(-c2ccc(Br)cc2)no1)C1CCCCC1. The minimum absolute atomic E-state index is 0.0875. The number of halogens is 1. The predicted octanol–water partition coefficient (Wildman–Crippen LogP) is 5.42. The van der Waals surface area contributed by atoms with Crippen molar-refractivity contribution >= 4 is 27.5 Å². The van der Waals surface area contributed by atoms with Gasteiger partial charge in [-0.05, 0) is 43.2 Å². The lowest BCUT2D eigenvalue weighted by molar-refractivity contribution is -0.384. The van der Waals surface area contributed by atoms with Crippen LogP contribution in [0, 0.1) is 10.1 Å². The summed E-state index contributed by atoms with van der Waals surface area (Å²) in [6.45, 7) is 0.411. The van der Waals surface area contributed by atoms with E-state index in [4.69, 9.17) is 4.52 Å². The van der Waals surface area contributed by atoms with Gasteiger partial charge < -0.3 is 9.42 Å². The number of hydrogen-bond acceptors (Lipinski definition) is 6. The van der Waals surface area contributed by atoms with Crippen LogP contribution < -0.4 is 0 Å². The first-order valence-electron chi connectivity index (χ1n) is 10.7. The Morgan fingerprint density at radius 2 is 1.91 bits per heavy atom. The lowest BCUT2D eigenvalue weighted by Crippen LogP contribution is -2.42. The van der Waals surface area contributed by atoms with Crippen molar-refractivity contribution in [3.8, 4) is 11.4 Å². The monoisotopic (exact) mass is 498 g/mol. The molecular formula is C23H23BrN4O4. The Hall–Kier alpha value is -3.07. The molecule has 0 radical (unpaired) electrons. The van der Waals surface area contributed by atoms with Gasteiger partial charge in [0.25, 0.3) is 11.6 Å². The number of amides is 1. The summed E-state index contributed by atoms with van der Waals surface area (Å²) in [7, 11) is 0. The number of aromatic nitrogens is 2. The van der Waals surface area contributed by atoms with Crippen LogP contribution in [-0.4, -0.2) is 38.5 Å². The van der Waals surface area contributed by atoms with Gasteiger partial charge >= 0.3 is 0 Å². The van der Waals surface area contributed by atoms with Crippen LogP contribution in [0.3, 0.4) is 0 Å². The van der Waals surface area contributed by atoms with Crippen molar-refractivity contribution in [2.24, 2.45) is 0 Å². The Morgan fingerprint density at radius 1 is 1.16 bits per heavy atom. The van der Waals surface area contributed by atoms with Crippen LogP contribution in [0.5, 0.6) is 0 Å². The van der Waals surface area contributed by atoms with E-state index in [0.29, 0.717) is 30.2 Å². The fourth-order valence-electron chi connectivity index (χ4n) is 4.05. The first kappa shape index (κ1) is 22.1. The molecule has 1 aliphatic carbocycles. The van der Waals surface area contributed by atoms with Crippen LogP contribution in [0.1, 0.15) is 48.4 Å². The number of nitro groups is 1. The van der Waals surface area contributed by atoms with Crippen molar-refractivity contribution in [2.45, 2.75) is 44.6 Å². The fourth-order valence-corrected chi connectivity index (χ4v) is 4.31. The summed E-state index contributed by atoms with van der Waals surface area (Å²) in [5.74, 6) is 0.755. The molecule has 0 N–H and O–H groups in total. The quantitative estimate of drug-likeness (QED) is 0.318. The van der Waals surface area contributed by atoms with Crippen molar-refractivity contribution in [2.75, 3.05) is 6.54 Å². The summed E-state index contributed by atoms with van der Waals surface area (Å²) in [5, 5.41) is 15.2. The standard InChI is InChI=1S/C23H23BrN4O4/c24-18-11-9-16(10-12-18)22-25-21(32-26-22)13-14-27(19-6-2-1-3-7-19)23(29)17-5-4-8-20(15-17)28(30)31/h4-5,8-12,15,19H,1-3,6-7,13-14H2. The second-order valence-corrected chi connectivity index (χ2v) is 8.78. The third kappa shape index (κ3) is 5.21. The van der Waals surface area contributed by atoms with Crippen LogP contribution in [-0.2, 0) is 6.42 Å². The molecular weight excluding hydrogens is 476 g/mol. The Labute approximate surface area is 193 Å². The van der Waals surface area contributed by atoms with E-state index in [0.717, 1.165) is 42.1 Å². The van der Waals surface area contributed by atoms with Gasteiger partial charge in [-0.3, -0.25) is 14.9 Å². The van der Waals surface area contributed by atoms with Crippen molar-refractivity contribution in [1.29, 1.82) is 0 Å². The third-order valence-electron chi connectivity index (χ3n) is 5.72. The summed E-state index contributed by atoms with van der Waals surface area (Å²) in [5.41, 5.74) is 1.08. The number of non-ortho nitro benzene ring substituents is 1. The van der Waals surface area contributed by atoms with Gasteiger partial charge in [-0.25, -0.2) is 0 Å². The molecule has 0 unspecified atom stereocenters. The van der Waals surface area contributed by atoms with E-state index >= 15 is 0 Å². The summed E-state index contributed by atoms with van der Waals surface area (Å²) < 4.78 is 6.39. The number of carbonyl (C=O) groups excluding carboxylic acids is 1. The van der Waals surface area contributed by atoms with Gasteiger partial charge in [0.15, 0.2) is 0 Å². The fraction of sp³-hybridized carbons (Fsp3) is 0.348. The van der Waals surface area contributed by atoms with Gasteiger partial charge in [0, 0.05) is 46.7 Å². The maximum absolute atomic E-state index is 13.3. The Balaban J connectivity index is 1.51. The molecule has 0 spiro atoms. The molecule has 0 aliphatic heterocycles. The first-order valence-corrected chi connectivity index (χ1v) is 11.4. The topological polar surface area (TPSA) is 102 Å². The van der Waals surface area contributed by atoms with E-state index in [1.807, 2.05) is 29.2 Å². The van der Waals surface area contributed by atoms with Gasteiger partial charge in [-0.15, -0.1) is 0 Å². The third-order valence-corrected chi connectivity index (χ3v) is 6.25. The first-order chi connectivity index (χ1) is 15.5. The molecule has 1 aliphatic rings. The Morgan fingerprint density at radius 3 is 2.62 bits per heavy atom. The van der Waals surface area contributed by atoms with Crippen LogP contribution in [0.2, 0.25) is 0 Å². The molecule has 32 heavy (non-hydrogen) atoms. The molecule has 0 saturated heterocycles. The lowest BCUT2D eigenvalue weighted by atomic mass is 9.93. The van der Waals surface area contributed by atoms with Crippen molar-refractivity contribution in [3.05, 3.63) is 74.6 Å². The minimum Gasteiger partial charge on any atom is -0.339 e. The number of hydrogen-bond donors (Lipinski definition) is 0. The molecule has 1 fully saturated rings. The zero-order valence-electron chi connectivity index (χ0n) is 17.4. The number of rotatable bonds is 7. The van der Waals surface area contributed by atoms with E-state index in [2.05, 4.69) is 26.1 Å². The molecule has 4 rings (SSSR count). The van der Waals surface area contributed by atoms with Crippen LogP contribution in [0.15, 0.2) is 57.5 Å². The summed E-state index contributed by atoms with van der Waals surface area (Å²) in [4.78, 5) is 30.3. The minimum atomic E-state index is -0.482. The van der Waals surface area contributed by atoms with Crippen molar-refractivity contribution in [3.63, 3.8) is 0 Å². The molecule has 1 heterocycles. The highest BCUT2D eigenvalue weighted by Gasteiger charge is 2.27. The second-order valence-electron chi connectivity index (χ2n) is 7.87. The van der Waals surface area contributed by atoms with Gasteiger partial charge in [0.2, 0.25) is 11.7 Å². The van der Waals surface area contributed by atoms with E-state index in [9.17, 15) is 14.9 Å². The molecule has 8 nitrogen and oxygen atoms in total. The van der Waals surface area contributed by atoms with Crippen LogP contribution in [0.25, 0.3) is 11.4 Å². The predicted molar refractivity (Wildman–Crippen MR) is 122 cm³/mol. The molecule has 2 aromatic carbocycles. The van der Waals surface area contributed by atoms with Gasteiger partial charge in [-0.1, -0.05) is 46.4 Å².